The van der Waals surface area contributed by atoms with Crippen LogP contribution in [0.1, 0.15) is 25.6 Å². The van der Waals surface area contributed by atoms with Crippen LogP contribution in [0.4, 0.5) is 0 Å². The van der Waals surface area contributed by atoms with Crippen molar-refractivity contribution in [2.45, 2.75) is 32.2 Å². The summed E-state index contributed by atoms with van der Waals surface area (Å²) in [6.07, 6.45) is 5.82. The summed E-state index contributed by atoms with van der Waals surface area (Å²) < 4.78 is 0. The van der Waals surface area contributed by atoms with Crippen molar-refractivity contribution in [3.8, 4) is 0 Å². The van der Waals surface area contributed by atoms with Crippen LogP contribution in [0.15, 0.2) is 12.4 Å². The molecule has 1 aromatic heterocycles. The Kier molecular flexibility index (Phi) is 4.83. The number of rotatable bonds is 6. The van der Waals surface area contributed by atoms with Gasteiger partial charge < -0.3 is 16.0 Å². The minimum atomic E-state index is -0.383. The highest BCUT2D eigenvalue weighted by molar-refractivity contribution is 5.81. The first-order valence-corrected chi connectivity index (χ1v) is 5.25. The number of nitrogens with zero attached hydrogens (tertiary/aromatic N) is 1. The highest BCUT2D eigenvalue weighted by Gasteiger charge is 2.10. The summed E-state index contributed by atoms with van der Waals surface area (Å²) in [5.74, 6) is 0.794. The maximum absolute atomic E-state index is 11.4. The normalized spacial score (nSPS) is 12.4. The third kappa shape index (κ3) is 4.12. The number of imidazole rings is 1. The van der Waals surface area contributed by atoms with Crippen LogP contribution in [-0.2, 0) is 11.2 Å². The Labute approximate surface area is 89.5 Å². The fourth-order valence-corrected chi connectivity index (χ4v) is 1.31. The van der Waals surface area contributed by atoms with Crippen molar-refractivity contribution in [3.63, 3.8) is 0 Å². The molecule has 0 aliphatic carbocycles. The van der Waals surface area contributed by atoms with Crippen LogP contribution in [0.5, 0.6) is 0 Å². The fourth-order valence-electron chi connectivity index (χ4n) is 1.31. The molecular formula is C10H18N4O. The van der Waals surface area contributed by atoms with Gasteiger partial charge in [0.15, 0.2) is 0 Å². The zero-order chi connectivity index (χ0) is 11.1. The van der Waals surface area contributed by atoms with Gasteiger partial charge in [0.05, 0.1) is 6.04 Å². The average Bonchev–Trinajstić information content (AvgIpc) is 2.71. The maximum atomic E-state index is 11.4. The molecule has 0 spiro atoms. The van der Waals surface area contributed by atoms with Crippen molar-refractivity contribution >= 4 is 5.91 Å². The minimum absolute atomic E-state index is 0.0802. The molecule has 0 saturated carbocycles. The number of nitrogens with one attached hydrogen (secondary N) is 2. The Morgan fingerprint density at radius 2 is 2.53 bits per heavy atom. The SMILES string of the molecule is CCCC(N)C(=O)NCCc1ncc[nH]1. The third-order valence-electron chi connectivity index (χ3n) is 2.15. The number of nitrogens with two attached hydrogens (primary N) is 1. The Balaban J connectivity index is 2.17. The van der Waals surface area contributed by atoms with E-state index in [4.69, 9.17) is 5.73 Å². The Morgan fingerprint density at radius 1 is 1.73 bits per heavy atom. The number of carbonyl (C=O) groups is 1. The molecule has 5 nitrogen and oxygen atoms in total. The van der Waals surface area contributed by atoms with Crippen molar-refractivity contribution in [3.05, 3.63) is 18.2 Å². The number of carbonyl (C=O) groups excluding carboxylic acids is 1. The molecule has 0 radical (unpaired) electrons. The van der Waals surface area contributed by atoms with Gasteiger partial charge in [-0.05, 0) is 6.42 Å². The molecule has 0 aliphatic rings. The smallest absolute Gasteiger partial charge is 0.236 e. The van der Waals surface area contributed by atoms with Crippen LogP contribution >= 0.6 is 0 Å². The molecule has 0 saturated heterocycles. The molecule has 1 amide bonds. The van der Waals surface area contributed by atoms with Gasteiger partial charge in [-0.3, -0.25) is 4.79 Å². The monoisotopic (exact) mass is 210 g/mol. The van der Waals surface area contributed by atoms with Crippen molar-refractivity contribution in [2.24, 2.45) is 5.73 Å². The fraction of sp³-hybridized carbons (Fsp3) is 0.600. The lowest BCUT2D eigenvalue weighted by Crippen LogP contribution is -2.41. The molecule has 4 N–H and O–H groups in total. The molecule has 0 aromatic carbocycles. The van der Waals surface area contributed by atoms with Crippen LogP contribution in [0, 0.1) is 0 Å². The van der Waals surface area contributed by atoms with Gasteiger partial charge in [0.25, 0.3) is 0 Å². The van der Waals surface area contributed by atoms with E-state index in [1.54, 1.807) is 12.4 Å². The van der Waals surface area contributed by atoms with Crippen molar-refractivity contribution in [1.82, 2.24) is 15.3 Å². The van der Waals surface area contributed by atoms with Crippen LogP contribution in [0.2, 0.25) is 0 Å². The molecule has 1 unspecified atom stereocenters. The predicted molar refractivity (Wildman–Crippen MR) is 58.2 cm³/mol. The van der Waals surface area contributed by atoms with E-state index in [-0.39, 0.29) is 11.9 Å². The Morgan fingerprint density at radius 3 is 3.13 bits per heavy atom. The molecule has 1 rings (SSSR count). The lowest BCUT2D eigenvalue weighted by molar-refractivity contribution is -0.122. The van der Waals surface area contributed by atoms with E-state index in [1.807, 2.05) is 6.92 Å². The van der Waals surface area contributed by atoms with Gasteiger partial charge in [-0.1, -0.05) is 13.3 Å². The van der Waals surface area contributed by atoms with E-state index in [2.05, 4.69) is 15.3 Å². The molecule has 84 valence electrons. The number of hydrogen-bond donors (Lipinski definition) is 3. The van der Waals surface area contributed by atoms with Crippen molar-refractivity contribution < 1.29 is 4.79 Å². The highest BCUT2D eigenvalue weighted by Crippen LogP contribution is 1.93. The van der Waals surface area contributed by atoms with Crippen molar-refractivity contribution in [1.29, 1.82) is 0 Å². The highest BCUT2D eigenvalue weighted by atomic mass is 16.2. The van der Waals surface area contributed by atoms with Gasteiger partial charge >= 0.3 is 0 Å². The number of aromatic nitrogens is 2. The summed E-state index contributed by atoms with van der Waals surface area (Å²) in [6.45, 7) is 2.58. The van der Waals surface area contributed by atoms with E-state index < -0.39 is 0 Å². The number of aromatic amines is 1. The summed E-state index contributed by atoms with van der Waals surface area (Å²) in [5.41, 5.74) is 5.65. The topological polar surface area (TPSA) is 83.8 Å². The first-order chi connectivity index (χ1) is 7.24. The Bertz CT molecular complexity index is 284. The number of amides is 1. The van der Waals surface area contributed by atoms with Crippen LogP contribution in [-0.4, -0.2) is 28.5 Å². The summed E-state index contributed by atoms with van der Waals surface area (Å²) >= 11 is 0. The van der Waals surface area contributed by atoms with Gasteiger partial charge in [-0.25, -0.2) is 4.98 Å². The van der Waals surface area contributed by atoms with E-state index in [0.717, 1.165) is 18.7 Å². The molecule has 5 heteroatoms. The zero-order valence-corrected chi connectivity index (χ0v) is 8.99. The lowest BCUT2D eigenvalue weighted by atomic mass is 10.2. The third-order valence-corrected chi connectivity index (χ3v) is 2.15. The van der Waals surface area contributed by atoms with Gasteiger partial charge in [0.1, 0.15) is 5.82 Å². The van der Waals surface area contributed by atoms with Gasteiger partial charge in [-0.15, -0.1) is 0 Å². The molecule has 15 heavy (non-hydrogen) atoms. The molecule has 1 heterocycles. The predicted octanol–water partition coefficient (Wildman–Crippen LogP) is 0.196. The molecule has 0 fully saturated rings. The maximum Gasteiger partial charge on any atom is 0.236 e. The second-order valence-electron chi connectivity index (χ2n) is 3.47. The summed E-state index contributed by atoms with van der Waals surface area (Å²) in [7, 11) is 0. The van der Waals surface area contributed by atoms with E-state index in [9.17, 15) is 4.79 Å². The zero-order valence-electron chi connectivity index (χ0n) is 8.99. The first-order valence-electron chi connectivity index (χ1n) is 5.25. The summed E-state index contributed by atoms with van der Waals surface area (Å²) in [6, 6.07) is -0.383. The van der Waals surface area contributed by atoms with E-state index in [1.165, 1.54) is 0 Å². The van der Waals surface area contributed by atoms with Gasteiger partial charge in [0.2, 0.25) is 5.91 Å². The Hall–Kier alpha value is -1.36. The van der Waals surface area contributed by atoms with E-state index in [0.29, 0.717) is 13.0 Å². The van der Waals surface area contributed by atoms with Crippen molar-refractivity contribution in [2.75, 3.05) is 6.54 Å². The summed E-state index contributed by atoms with van der Waals surface area (Å²) in [5, 5.41) is 2.78. The number of H-pyrrole nitrogens is 1. The average molecular weight is 210 g/mol. The second-order valence-corrected chi connectivity index (χ2v) is 3.47. The molecular weight excluding hydrogens is 192 g/mol. The van der Waals surface area contributed by atoms with Crippen LogP contribution in [0.25, 0.3) is 0 Å². The quantitative estimate of drug-likeness (QED) is 0.627. The second kappa shape index (κ2) is 6.19. The molecule has 0 bridgehead atoms. The summed E-state index contributed by atoms with van der Waals surface area (Å²) in [4.78, 5) is 18.4. The van der Waals surface area contributed by atoms with Gasteiger partial charge in [-0.2, -0.15) is 0 Å². The lowest BCUT2D eigenvalue weighted by Gasteiger charge is -2.10. The first kappa shape index (κ1) is 11.7. The molecule has 1 atom stereocenters. The van der Waals surface area contributed by atoms with Crippen LogP contribution in [0.3, 0.4) is 0 Å². The van der Waals surface area contributed by atoms with E-state index >= 15 is 0 Å². The number of hydrogen-bond acceptors (Lipinski definition) is 3. The largest absolute Gasteiger partial charge is 0.354 e. The molecule has 0 aliphatic heterocycles. The minimum Gasteiger partial charge on any atom is -0.354 e. The van der Waals surface area contributed by atoms with Crippen LogP contribution < -0.4 is 11.1 Å². The molecule has 1 aromatic rings. The van der Waals surface area contributed by atoms with Gasteiger partial charge in [0, 0.05) is 25.4 Å². The standard InChI is InChI=1S/C10H18N4O/c1-2-3-8(11)10(15)14-5-4-9-12-6-7-13-9/h6-8H,2-5,11H2,1H3,(H,12,13)(H,14,15).